The summed E-state index contributed by atoms with van der Waals surface area (Å²) in [6, 6.07) is 8.51. The van der Waals surface area contributed by atoms with Gasteiger partial charge in [0.2, 0.25) is 0 Å². The molecule has 0 saturated heterocycles. The van der Waals surface area contributed by atoms with Crippen LogP contribution in [-0.4, -0.2) is 66.5 Å². The molecule has 0 aliphatic carbocycles. The van der Waals surface area contributed by atoms with Gasteiger partial charge in [-0.2, -0.15) is 0 Å². The zero-order valence-corrected chi connectivity index (χ0v) is 12.0. The molecule has 1 aromatic rings. The maximum Gasteiger partial charge on any atom is 0.317 e. The van der Waals surface area contributed by atoms with Crippen LogP contribution in [0.1, 0.15) is 10.4 Å². The third kappa shape index (κ3) is 5.72. The van der Waals surface area contributed by atoms with Crippen LogP contribution in [-0.2, 0) is 14.4 Å². The lowest BCUT2D eigenvalue weighted by Crippen LogP contribution is -2.42. The van der Waals surface area contributed by atoms with Crippen LogP contribution in [0.25, 0.3) is 0 Å². The number of hydrogen-bond donors (Lipinski definition) is 1. The number of Topliss-reactive ketones (excluding diaryl/α,β-unsaturated/α-hetero) is 1. The van der Waals surface area contributed by atoms with Gasteiger partial charge in [0.25, 0.3) is 5.91 Å². The van der Waals surface area contributed by atoms with Crippen LogP contribution in [0.4, 0.5) is 0 Å². The first-order valence-electron chi connectivity index (χ1n) is 6.27. The topological polar surface area (TPSA) is 87.2 Å². The van der Waals surface area contributed by atoms with E-state index in [0.29, 0.717) is 5.56 Å². The third-order valence-corrected chi connectivity index (χ3v) is 2.81. The Morgan fingerprint density at radius 2 is 1.71 bits per heavy atom. The van der Waals surface area contributed by atoms with Crippen molar-refractivity contribution in [2.75, 3.05) is 33.8 Å². The fourth-order valence-corrected chi connectivity index (χ4v) is 1.67. The highest BCUT2D eigenvalue weighted by Crippen LogP contribution is 2.03. The Morgan fingerprint density at radius 3 is 2.24 bits per heavy atom. The van der Waals surface area contributed by atoms with Crippen molar-refractivity contribution in [1.29, 1.82) is 0 Å². The number of benzene rings is 1. The van der Waals surface area contributed by atoms with Crippen molar-refractivity contribution in [3.63, 3.8) is 0 Å². The van der Waals surface area contributed by atoms with Crippen LogP contribution in [0, 0.1) is 0 Å². The maximum atomic E-state index is 12.1. The number of carbonyl (C=O) groups excluding carboxylic acids is 2. The summed E-state index contributed by atoms with van der Waals surface area (Å²) in [5.74, 6) is -1.78. The molecule has 0 aromatic heterocycles. The molecule has 0 atom stereocenters. The van der Waals surface area contributed by atoms with E-state index < -0.39 is 18.4 Å². The van der Waals surface area contributed by atoms with Gasteiger partial charge in [-0.25, -0.2) is 5.06 Å². The molecule has 7 heteroatoms. The van der Waals surface area contributed by atoms with Gasteiger partial charge in [0.1, 0.15) is 0 Å². The van der Waals surface area contributed by atoms with Gasteiger partial charge in [-0.05, 0) is 0 Å². The molecule has 0 aliphatic rings. The van der Waals surface area contributed by atoms with E-state index in [9.17, 15) is 14.4 Å². The Labute approximate surface area is 122 Å². The molecule has 0 spiro atoms. The van der Waals surface area contributed by atoms with Crippen molar-refractivity contribution >= 4 is 17.7 Å². The van der Waals surface area contributed by atoms with E-state index in [1.807, 2.05) is 0 Å². The molecule has 21 heavy (non-hydrogen) atoms. The molecule has 0 heterocycles. The molecule has 1 amide bonds. The maximum absolute atomic E-state index is 12.1. The molecule has 1 N–H and O–H groups in total. The van der Waals surface area contributed by atoms with Gasteiger partial charge in [0, 0.05) is 12.6 Å². The lowest BCUT2D eigenvalue weighted by molar-refractivity contribution is -0.169. The van der Waals surface area contributed by atoms with Crippen molar-refractivity contribution in [3.05, 3.63) is 35.9 Å². The molecule has 7 nitrogen and oxygen atoms in total. The van der Waals surface area contributed by atoms with Gasteiger partial charge in [-0.15, -0.1) is 0 Å². The average molecular weight is 294 g/mol. The first-order valence-corrected chi connectivity index (χ1v) is 6.27. The van der Waals surface area contributed by atoms with E-state index >= 15 is 0 Å². The third-order valence-electron chi connectivity index (χ3n) is 2.81. The van der Waals surface area contributed by atoms with E-state index in [-0.39, 0.29) is 18.9 Å². The number of amides is 1. The van der Waals surface area contributed by atoms with Crippen LogP contribution >= 0.6 is 0 Å². The zero-order chi connectivity index (χ0) is 15.8. The number of aliphatic carboxylic acids is 1. The molecule has 114 valence electrons. The van der Waals surface area contributed by atoms with Crippen LogP contribution in [0.5, 0.6) is 0 Å². The Morgan fingerprint density at radius 1 is 1.10 bits per heavy atom. The summed E-state index contributed by atoms with van der Waals surface area (Å²) in [7, 11) is 2.74. The van der Waals surface area contributed by atoms with Gasteiger partial charge in [-0.3, -0.25) is 24.1 Å². The molecule has 0 aliphatic heterocycles. The highest BCUT2D eigenvalue weighted by atomic mass is 16.7. The van der Waals surface area contributed by atoms with E-state index in [4.69, 9.17) is 9.94 Å². The van der Waals surface area contributed by atoms with Gasteiger partial charge in [0.15, 0.2) is 5.78 Å². The number of carbonyl (C=O) groups is 3. The Kier molecular flexibility index (Phi) is 6.51. The monoisotopic (exact) mass is 294 g/mol. The first kappa shape index (κ1) is 16.8. The lowest BCUT2D eigenvalue weighted by atomic mass is 10.1. The minimum Gasteiger partial charge on any atom is -0.480 e. The summed E-state index contributed by atoms with van der Waals surface area (Å²) in [5, 5.41) is 9.85. The smallest absolute Gasteiger partial charge is 0.317 e. The number of likely N-dealkylation sites (N-methyl/N-ethyl adjacent to an activating group) is 1. The van der Waals surface area contributed by atoms with E-state index in [1.54, 1.807) is 30.3 Å². The Hall–Kier alpha value is -2.25. The number of ketones is 1. The lowest BCUT2D eigenvalue weighted by Gasteiger charge is -2.21. The molecular formula is C14H18N2O5. The predicted molar refractivity (Wildman–Crippen MR) is 74.6 cm³/mol. The number of hydroxylamine groups is 2. The predicted octanol–water partition coefficient (Wildman–Crippen LogP) is 0.276. The standard InChI is InChI=1S/C14H18N2O5/c1-15(21-2)13(18)9-16(10-14(19)20)8-12(17)11-6-4-3-5-7-11/h3-7H,8-10H2,1-2H3,(H,19,20). The molecule has 1 rings (SSSR count). The molecule has 0 bridgehead atoms. The van der Waals surface area contributed by atoms with Crippen molar-refractivity contribution in [2.24, 2.45) is 0 Å². The van der Waals surface area contributed by atoms with Crippen LogP contribution in [0.15, 0.2) is 30.3 Å². The first-order chi connectivity index (χ1) is 9.93. The second kappa shape index (κ2) is 8.13. The fourth-order valence-electron chi connectivity index (χ4n) is 1.67. The molecule has 0 fully saturated rings. The summed E-state index contributed by atoms with van der Waals surface area (Å²) in [4.78, 5) is 40.6. The summed E-state index contributed by atoms with van der Waals surface area (Å²) in [6.07, 6.45) is 0. The SMILES string of the molecule is CON(C)C(=O)CN(CC(=O)O)CC(=O)c1ccccc1. The summed E-state index contributed by atoms with van der Waals surface area (Å²) in [5.41, 5.74) is 0.473. The second-order valence-corrected chi connectivity index (χ2v) is 4.40. The molecular weight excluding hydrogens is 276 g/mol. The van der Waals surface area contributed by atoms with Gasteiger partial charge < -0.3 is 5.11 Å². The highest BCUT2D eigenvalue weighted by Gasteiger charge is 2.20. The van der Waals surface area contributed by atoms with Crippen LogP contribution < -0.4 is 0 Å². The molecule has 0 radical (unpaired) electrons. The number of hydrogen-bond acceptors (Lipinski definition) is 5. The quantitative estimate of drug-likeness (QED) is 0.547. The second-order valence-electron chi connectivity index (χ2n) is 4.40. The summed E-state index contributed by atoms with van der Waals surface area (Å²) >= 11 is 0. The van der Waals surface area contributed by atoms with Gasteiger partial charge in [-0.1, -0.05) is 30.3 Å². The Balaban J connectivity index is 2.72. The number of nitrogens with zero attached hydrogens (tertiary/aromatic N) is 2. The fraction of sp³-hybridized carbons (Fsp3) is 0.357. The Bertz CT molecular complexity index is 503. The van der Waals surface area contributed by atoms with E-state index in [0.717, 1.165) is 5.06 Å². The summed E-state index contributed by atoms with van der Waals surface area (Å²) in [6.45, 7) is -0.767. The largest absolute Gasteiger partial charge is 0.480 e. The van der Waals surface area contributed by atoms with Gasteiger partial charge >= 0.3 is 5.97 Å². The molecule has 0 saturated carbocycles. The average Bonchev–Trinajstić information content (AvgIpc) is 2.46. The normalized spacial score (nSPS) is 10.4. The molecule has 1 aromatic carbocycles. The van der Waals surface area contributed by atoms with Gasteiger partial charge in [0.05, 0.1) is 26.7 Å². The van der Waals surface area contributed by atoms with Crippen molar-refractivity contribution in [1.82, 2.24) is 9.96 Å². The minimum atomic E-state index is -1.11. The zero-order valence-electron chi connectivity index (χ0n) is 12.0. The van der Waals surface area contributed by atoms with Crippen molar-refractivity contribution in [3.8, 4) is 0 Å². The number of rotatable bonds is 8. The minimum absolute atomic E-state index is 0.153. The van der Waals surface area contributed by atoms with E-state index in [1.165, 1.54) is 19.1 Å². The van der Waals surface area contributed by atoms with Crippen molar-refractivity contribution < 1.29 is 24.3 Å². The highest BCUT2D eigenvalue weighted by molar-refractivity contribution is 5.98. The van der Waals surface area contributed by atoms with E-state index in [2.05, 4.69) is 0 Å². The number of carboxylic acid groups (broad SMARTS) is 1. The van der Waals surface area contributed by atoms with Crippen molar-refractivity contribution in [2.45, 2.75) is 0 Å². The van der Waals surface area contributed by atoms with Crippen LogP contribution in [0.2, 0.25) is 0 Å². The number of carboxylic acids is 1. The summed E-state index contributed by atoms with van der Waals surface area (Å²) < 4.78 is 0. The molecule has 0 unspecified atom stereocenters. The van der Waals surface area contributed by atoms with Crippen LogP contribution in [0.3, 0.4) is 0 Å².